The van der Waals surface area contributed by atoms with Crippen molar-refractivity contribution in [3.63, 3.8) is 0 Å². The number of aryl methyl sites for hydroxylation is 1. The van der Waals surface area contributed by atoms with Crippen LogP contribution < -0.4 is 14.8 Å². The van der Waals surface area contributed by atoms with E-state index in [0.29, 0.717) is 17.4 Å². The zero-order valence-corrected chi connectivity index (χ0v) is 13.2. The van der Waals surface area contributed by atoms with E-state index in [4.69, 9.17) is 9.47 Å². The van der Waals surface area contributed by atoms with Gasteiger partial charge in [-0.25, -0.2) is 9.67 Å². The van der Waals surface area contributed by atoms with Gasteiger partial charge < -0.3 is 14.8 Å². The third-order valence-electron chi connectivity index (χ3n) is 3.38. The van der Waals surface area contributed by atoms with Crippen molar-refractivity contribution >= 4 is 22.4 Å². The Morgan fingerprint density at radius 2 is 2.25 bits per heavy atom. The predicted molar refractivity (Wildman–Crippen MR) is 84.7 cm³/mol. The van der Waals surface area contributed by atoms with Gasteiger partial charge in [-0.05, 0) is 28.6 Å². The SMILES string of the molecule is O=C(CCn1cnnn1)Nc1nc(-c2ccc3c(c2)OCO3)cs1. The number of aromatic nitrogens is 5. The van der Waals surface area contributed by atoms with Crippen LogP contribution in [0.5, 0.6) is 11.5 Å². The van der Waals surface area contributed by atoms with Gasteiger partial charge in [0, 0.05) is 17.4 Å². The average Bonchev–Trinajstić information content (AvgIpc) is 3.33. The molecule has 24 heavy (non-hydrogen) atoms. The Balaban J connectivity index is 1.40. The van der Waals surface area contributed by atoms with Gasteiger partial charge >= 0.3 is 0 Å². The van der Waals surface area contributed by atoms with Crippen LogP contribution >= 0.6 is 11.3 Å². The van der Waals surface area contributed by atoms with Crippen LogP contribution in [0.1, 0.15) is 6.42 Å². The number of amides is 1. The largest absolute Gasteiger partial charge is 0.454 e. The van der Waals surface area contributed by atoms with Gasteiger partial charge in [0.15, 0.2) is 16.6 Å². The molecule has 0 saturated heterocycles. The van der Waals surface area contributed by atoms with Crippen LogP contribution in [0.25, 0.3) is 11.3 Å². The minimum atomic E-state index is -0.142. The fourth-order valence-electron chi connectivity index (χ4n) is 2.20. The third kappa shape index (κ3) is 3.04. The highest BCUT2D eigenvalue weighted by molar-refractivity contribution is 7.14. The summed E-state index contributed by atoms with van der Waals surface area (Å²) in [5.74, 6) is 1.29. The molecule has 1 aliphatic rings. The Kier molecular flexibility index (Phi) is 3.79. The minimum Gasteiger partial charge on any atom is -0.454 e. The molecule has 0 bridgehead atoms. The van der Waals surface area contributed by atoms with Crippen molar-refractivity contribution in [1.29, 1.82) is 0 Å². The van der Waals surface area contributed by atoms with E-state index in [2.05, 4.69) is 25.8 Å². The molecule has 0 atom stereocenters. The Morgan fingerprint density at radius 3 is 3.12 bits per heavy atom. The molecule has 1 N–H and O–H groups in total. The molecule has 1 aromatic carbocycles. The molecule has 0 aliphatic carbocycles. The zero-order chi connectivity index (χ0) is 16.4. The van der Waals surface area contributed by atoms with Crippen LogP contribution in [0, 0.1) is 0 Å². The van der Waals surface area contributed by atoms with Gasteiger partial charge in [0.2, 0.25) is 12.7 Å². The first kappa shape index (κ1) is 14.6. The van der Waals surface area contributed by atoms with Crippen molar-refractivity contribution in [1.82, 2.24) is 25.2 Å². The molecule has 4 rings (SSSR count). The number of benzene rings is 1. The maximum Gasteiger partial charge on any atom is 0.231 e. The first-order chi connectivity index (χ1) is 11.8. The lowest BCUT2D eigenvalue weighted by molar-refractivity contribution is -0.116. The molecule has 3 heterocycles. The molecule has 0 saturated carbocycles. The highest BCUT2D eigenvalue weighted by atomic mass is 32.1. The van der Waals surface area contributed by atoms with E-state index in [-0.39, 0.29) is 19.1 Å². The lowest BCUT2D eigenvalue weighted by atomic mass is 10.1. The number of hydrogen-bond donors (Lipinski definition) is 1. The number of rotatable bonds is 5. The van der Waals surface area contributed by atoms with E-state index in [9.17, 15) is 4.79 Å². The molecular weight excluding hydrogens is 332 g/mol. The zero-order valence-electron chi connectivity index (χ0n) is 12.4. The van der Waals surface area contributed by atoms with Crippen molar-refractivity contribution in [3.8, 4) is 22.8 Å². The summed E-state index contributed by atoms with van der Waals surface area (Å²) >= 11 is 1.37. The molecule has 3 aromatic rings. The van der Waals surface area contributed by atoms with E-state index >= 15 is 0 Å². The summed E-state index contributed by atoms with van der Waals surface area (Å²) in [7, 11) is 0. The summed E-state index contributed by atoms with van der Waals surface area (Å²) < 4.78 is 12.2. The van der Waals surface area contributed by atoms with Crippen LogP contribution in [0.3, 0.4) is 0 Å². The van der Waals surface area contributed by atoms with E-state index in [1.807, 2.05) is 23.6 Å². The molecule has 1 amide bonds. The van der Waals surface area contributed by atoms with E-state index in [1.165, 1.54) is 22.3 Å². The van der Waals surface area contributed by atoms with Gasteiger partial charge in [-0.15, -0.1) is 16.4 Å². The molecule has 10 heteroatoms. The molecule has 122 valence electrons. The smallest absolute Gasteiger partial charge is 0.231 e. The molecule has 0 radical (unpaired) electrons. The molecule has 0 unspecified atom stereocenters. The normalized spacial score (nSPS) is 12.3. The van der Waals surface area contributed by atoms with Crippen molar-refractivity contribution in [2.75, 3.05) is 12.1 Å². The standard InChI is InChI=1S/C14H12N6O3S/c21-13(3-4-20-7-15-18-19-20)17-14-16-10(6-24-14)9-1-2-11-12(5-9)23-8-22-11/h1-2,5-7H,3-4,8H2,(H,16,17,21). The number of nitrogens with one attached hydrogen (secondary N) is 1. The Labute approximate surface area is 140 Å². The van der Waals surface area contributed by atoms with Crippen LogP contribution in [0.4, 0.5) is 5.13 Å². The summed E-state index contributed by atoms with van der Waals surface area (Å²) in [4.78, 5) is 16.4. The van der Waals surface area contributed by atoms with Gasteiger partial charge in [0.1, 0.15) is 6.33 Å². The molecule has 0 fully saturated rings. The van der Waals surface area contributed by atoms with Crippen LogP contribution in [0.2, 0.25) is 0 Å². The average molecular weight is 344 g/mol. The molecular formula is C14H12N6O3S. The molecule has 1 aliphatic heterocycles. The number of fused-ring (bicyclic) bond motifs is 1. The summed E-state index contributed by atoms with van der Waals surface area (Å²) in [5, 5.41) is 15.9. The van der Waals surface area contributed by atoms with Gasteiger partial charge in [-0.2, -0.15) is 0 Å². The Morgan fingerprint density at radius 1 is 1.33 bits per heavy atom. The van der Waals surface area contributed by atoms with Crippen molar-refractivity contribution in [2.24, 2.45) is 0 Å². The Hall–Kier alpha value is -3.01. The predicted octanol–water partition coefficient (Wildman–Crippen LogP) is 1.55. The van der Waals surface area contributed by atoms with E-state index in [0.717, 1.165) is 17.0 Å². The summed E-state index contributed by atoms with van der Waals surface area (Å²) in [6.07, 6.45) is 1.73. The first-order valence-corrected chi connectivity index (χ1v) is 8.02. The number of tetrazole rings is 1. The number of hydrogen-bond acceptors (Lipinski definition) is 8. The second-order valence-electron chi connectivity index (χ2n) is 4.98. The van der Waals surface area contributed by atoms with Crippen LogP contribution in [-0.4, -0.2) is 37.9 Å². The lowest BCUT2D eigenvalue weighted by Gasteiger charge is -2.01. The first-order valence-electron chi connectivity index (χ1n) is 7.14. The summed E-state index contributed by atoms with van der Waals surface area (Å²) in [6, 6.07) is 5.63. The third-order valence-corrected chi connectivity index (χ3v) is 4.14. The second kappa shape index (κ2) is 6.24. The van der Waals surface area contributed by atoms with Crippen LogP contribution in [-0.2, 0) is 11.3 Å². The number of nitrogens with zero attached hydrogens (tertiary/aromatic N) is 5. The maximum absolute atomic E-state index is 11.9. The number of thiazole rings is 1. The van der Waals surface area contributed by atoms with Crippen molar-refractivity contribution in [3.05, 3.63) is 29.9 Å². The van der Waals surface area contributed by atoms with Gasteiger partial charge in [0.05, 0.1) is 12.2 Å². The number of carbonyl (C=O) groups excluding carboxylic acids is 1. The molecule has 0 spiro atoms. The van der Waals surface area contributed by atoms with Gasteiger partial charge in [-0.3, -0.25) is 4.79 Å². The van der Waals surface area contributed by atoms with Crippen molar-refractivity contribution in [2.45, 2.75) is 13.0 Å². The minimum absolute atomic E-state index is 0.142. The highest BCUT2D eigenvalue weighted by Crippen LogP contribution is 2.36. The number of ether oxygens (including phenoxy) is 2. The fourth-order valence-corrected chi connectivity index (χ4v) is 2.94. The second-order valence-corrected chi connectivity index (χ2v) is 5.84. The van der Waals surface area contributed by atoms with Gasteiger partial charge in [-0.1, -0.05) is 0 Å². The van der Waals surface area contributed by atoms with Crippen LogP contribution in [0.15, 0.2) is 29.9 Å². The number of carbonyl (C=O) groups is 1. The van der Waals surface area contributed by atoms with Crippen molar-refractivity contribution < 1.29 is 14.3 Å². The molecule has 9 nitrogen and oxygen atoms in total. The number of anilines is 1. The molecule has 2 aromatic heterocycles. The maximum atomic E-state index is 11.9. The van der Waals surface area contributed by atoms with E-state index < -0.39 is 0 Å². The topological polar surface area (TPSA) is 104 Å². The summed E-state index contributed by atoms with van der Waals surface area (Å²) in [5.41, 5.74) is 1.68. The quantitative estimate of drug-likeness (QED) is 0.749. The Bertz CT molecular complexity index is 863. The summed E-state index contributed by atoms with van der Waals surface area (Å²) in [6.45, 7) is 0.650. The lowest BCUT2D eigenvalue weighted by Crippen LogP contribution is -2.14. The van der Waals surface area contributed by atoms with E-state index in [1.54, 1.807) is 0 Å². The highest BCUT2D eigenvalue weighted by Gasteiger charge is 2.15. The fraction of sp³-hybridized carbons (Fsp3) is 0.214. The van der Waals surface area contributed by atoms with Gasteiger partial charge in [0.25, 0.3) is 0 Å². The monoisotopic (exact) mass is 344 g/mol.